The van der Waals surface area contributed by atoms with E-state index in [1.807, 2.05) is 0 Å². The molecule has 1 atom stereocenters. The van der Waals surface area contributed by atoms with E-state index in [-0.39, 0.29) is 16.8 Å². The van der Waals surface area contributed by atoms with E-state index in [0.29, 0.717) is 17.5 Å². The predicted molar refractivity (Wildman–Crippen MR) is 83.1 cm³/mol. The molecular weight excluding hydrogens is 308 g/mol. The molecule has 5 nitrogen and oxygen atoms in total. The van der Waals surface area contributed by atoms with Crippen molar-refractivity contribution in [3.05, 3.63) is 18.2 Å². The van der Waals surface area contributed by atoms with E-state index in [1.165, 1.54) is 6.92 Å². The number of rotatable bonds is 3. The number of hydrogen-bond donors (Lipinski definition) is 1. The Balaban J connectivity index is 1.99. The fourth-order valence-corrected chi connectivity index (χ4v) is 4.79. The van der Waals surface area contributed by atoms with Crippen LogP contribution in [0.1, 0.15) is 26.7 Å². The van der Waals surface area contributed by atoms with Crippen LogP contribution in [0.5, 0.6) is 0 Å². The molecule has 1 aliphatic heterocycles. The standard InChI is InChI=1S/C14H18N2O3S2/c1-9-8-16(10(2)17)13-7-12(5-6-14(13)20-9)21(18,19)15-11-3-4-11/h5-7,9,11,15H,3-4,8H2,1-2H3. The van der Waals surface area contributed by atoms with Crippen LogP contribution in [-0.4, -0.2) is 32.2 Å². The molecule has 0 radical (unpaired) electrons. The fourth-order valence-electron chi connectivity index (χ4n) is 2.37. The number of sulfonamides is 1. The second-order valence-corrected chi connectivity index (χ2v) is 8.78. The van der Waals surface area contributed by atoms with E-state index in [1.54, 1.807) is 34.9 Å². The summed E-state index contributed by atoms with van der Waals surface area (Å²) in [5.74, 6) is -0.0619. The first kappa shape index (κ1) is 14.9. The number of carbonyl (C=O) groups is 1. The van der Waals surface area contributed by atoms with E-state index in [0.717, 1.165) is 17.7 Å². The van der Waals surface area contributed by atoms with Gasteiger partial charge < -0.3 is 4.90 Å². The van der Waals surface area contributed by atoms with E-state index in [9.17, 15) is 13.2 Å². The lowest BCUT2D eigenvalue weighted by atomic mass is 10.2. The van der Waals surface area contributed by atoms with Gasteiger partial charge in [-0.3, -0.25) is 4.79 Å². The second-order valence-electron chi connectivity index (χ2n) is 5.58. The summed E-state index contributed by atoms with van der Waals surface area (Å²) in [5, 5.41) is 0.299. The van der Waals surface area contributed by atoms with Crippen LogP contribution >= 0.6 is 11.8 Å². The first-order valence-corrected chi connectivity index (χ1v) is 9.34. The van der Waals surface area contributed by atoms with Crippen molar-refractivity contribution >= 4 is 33.4 Å². The lowest BCUT2D eigenvalue weighted by Crippen LogP contribution is -2.37. The van der Waals surface area contributed by atoms with Crippen molar-refractivity contribution in [3.8, 4) is 0 Å². The number of benzene rings is 1. The van der Waals surface area contributed by atoms with Crippen LogP contribution in [0.2, 0.25) is 0 Å². The second kappa shape index (κ2) is 5.30. The summed E-state index contributed by atoms with van der Waals surface area (Å²) in [6, 6.07) is 5.10. The van der Waals surface area contributed by atoms with Crippen LogP contribution in [0, 0.1) is 0 Å². The van der Waals surface area contributed by atoms with Crippen molar-refractivity contribution < 1.29 is 13.2 Å². The molecule has 1 heterocycles. The summed E-state index contributed by atoms with van der Waals surface area (Å²) in [6.45, 7) is 4.17. The molecule has 2 aliphatic rings. The zero-order valence-electron chi connectivity index (χ0n) is 12.0. The maximum atomic E-state index is 12.3. The maximum absolute atomic E-state index is 12.3. The molecule has 1 saturated carbocycles. The topological polar surface area (TPSA) is 66.5 Å². The molecule has 1 aromatic rings. The molecule has 0 bridgehead atoms. The van der Waals surface area contributed by atoms with Crippen molar-refractivity contribution in [1.29, 1.82) is 0 Å². The zero-order chi connectivity index (χ0) is 15.2. The summed E-state index contributed by atoms with van der Waals surface area (Å²) >= 11 is 1.67. The van der Waals surface area contributed by atoms with E-state index >= 15 is 0 Å². The Kier molecular flexibility index (Phi) is 3.75. The summed E-state index contributed by atoms with van der Waals surface area (Å²) in [7, 11) is -3.49. The minimum absolute atomic E-state index is 0.0619. The molecule has 1 unspecified atom stereocenters. The van der Waals surface area contributed by atoms with Crippen LogP contribution in [0.3, 0.4) is 0 Å². The molecule has 1 aromatic carbocycles. The molecular formula is C14H18N2O3S2. The summed E-state index contributed by atoms with van der Waals surface area (Å²) in [6.07, 6.45) is 1.80. The van der Waals surface area contributed by atoms with Crippen LogP contribution in [0.4, 0.5) is 5.69 Å². The highest BCUT2D eigenvalue weighted by Gasteiger charge is 2.30. The highest BCUT2D eigenvalue weighted by Crippen LogP contribution is 2.39. The van der Waals surface area contributed by atoms with Gasteiger partial charge in [0.2, 0.25) is 15.9 Å². The normalized spacial score (nSPS) is 22.0. The van der Waals surface area contributed by atoms with Crippen molar-refractivity contribution in [1.82, 2.24) is 4.72 Å². The number of hydrogen-bond acceptors (Lipinski definition) is 4. The minimum atomic E-state index is -3.49. The first-order valence-electron chi connectivity index (χ1n) is 6.98. The van der Waals surface area contributed by atoms with Crippen molar-refractivity contribution in [2.24, 2.45) is 0 Å². The Morgan fingerprint density at radius 1 is 1.38 bits per heavy atom. The number of anilines is 1. The van der Waals surface area contributed by atoms with Gasteiger partial charge in [-0.05, 0) is 31.0 Å². The molecule has 1 fully saturated rings. The highest BCUT2D eigenvalue weighted by atomic mass is 32.2. The number of amides is 1. The highest BCUT2D eigenvalue weighted by molar-refractivity contribution is 8.00. The van der Waals surface area contributed by atoms with E-state index in [4.69, 9.17) is 0 Å². The lowest BCUT2D eigenvalue weighted by molar-refractivity contribution is -0.116. The maximum Gasteiger partial charge on any atom is 0.240 e. The van der Waals surface area contributed by atoms with Gasteiger partial charge >= 0.3 is 0 Å². The molecule has 21 heavy (non-hydrogen) atoms. The van der Waals surface area contributed by atoms with Crippen LogP contribution in [0.25, 0.3) is 0 Å². The Morgan fingerprint density at radius 3 is 2.71 bits per heavy atom. The van der Waals surface area contributed by atoms with E-state index in [2.05, 4.69) is 11.6 Å². The number of nitrogens with zero attached hydrogens (tertiary/aromatic N) is 1. The molecule has 3 rings (SSSR count). The zero-order valence-corrected chi connectivity index (χ0v) is 13.6. The van der Waals surface area contributed by atoms with Gasteiger partial charge in [0.25, 0.3) is 0 Å². The Morgan fingerprint density at radius 2 is 2.10 bits per heavy atom. The molecule has 114 valence electrons. The number of carbonyl (C=O) groups excluding carboxylic acids is 1. The van der Waals surface area contributed by atoms with Crippen LogP contribution < -0.4 is 9.62 Å². The summed E-state index contributed by atoms with van der Waals surface area (Å²) < 4.78 is 27.2. The van der Waals surface area contributed by atoms with Crippen molar-refractivity contribution in [3.63, 3.8) is 0 Å². The summed E-state index contributed by atoms with van der Waals surface area (Å²) in [5.41, 5.74) is 0.698. The molecule has 0 aromatic heterocycles. The first-order chi connectivity index (χ1) is 9.87. The molecule has 1 aliphatic carbocycles. The van der Waals surface area contributed by atoms with Gasteiger partial charge in [-0.15, -0.1) is 11.8 Å². The Hall–Kier alpha value is -1.05. The Bertz CT molecular complexity index is 683. The predicted octanol–water partition coefficient (Wildman–Crippen LogP) is 1.97. The third-order valence-corrected chi connectivity index (χ3v) is 6.25. The molecule has 1 N–H and O–H groups in total. The molecule has 0 saturated heterocycles. The van der Waals surface area contributed by atoms with Crippen molar-refractivity contribution in [2.75, 3.05) is 11.4 Å². The Labute approximate surface area is 129 Å². The monoisotopic (exact) mass is 326 g/mol. The van der Waals surface area contributed by atoms with Gasteiger partial charge in [0, 0.05) is 29.7 Å². The van der Waals surface area contributed by atoms with Gasteiger partial charge in [0.15, 0.2) is 0 Å². The van der Waals surface area contributed by atoms with Gasteiger partial charge in [-0.1, -0.05) is 6.92 Å². The quantitative estimate of drug-likeness (QED) is 0.922. The smallest absolute Gasteiger partial charge is 0.240 e. The molecule has 7 heteroatoms. The van der Waals surface area contributed by atoms with Crippen molar-refractivity contribution in [2.45, 2.75) is 47.8 Å². The van der Waals surface area contributed by atoms with Gasteiger partial charge in [-0.2, -0.15) is 0 Å². The third kappa shape index (κ3) is 3.09. The average Bonchev–Trinajstić information content (AvgIpc) is 3.20. The number of nitrogens with one attached hydrogen (secondary N) is 1. The number of fused-ring (bicyclic) bond motifs is 1. The van der Waals surface area contributed by atoms with Crippen LogP contribution in [0.15, 0.2) is 28.0 Å². The van der Waals surface area contributed by atoms with Gasteiger partial charge in [-0.25, -0.2) is 13.1 Å². The van der Waals surface area contributed by atoms with Gasteiger partial charge in [0.1, 0.15) is 0 Å². The van der Waals surface area contributed by atoms with Gasteiger partial charge in [0.05, 0.1) is 10.6 Å². The summed E-state index contributed by atoms with van der Waals surface area (Å²) in [4.78, 5) is 14.7. The largest absolute Gasteiger partial charge is 0.310 e. The average molecular weight is 326 g/mol. The van der Waals surface area contributed by atoms with E-state index < -0.39 is 10.0 Å². The molecule has 1 amide bonds. The minimum Gasteiger partial charge on any atom is -0.310 e. The fraction of sp³-hybridized carbons (Fsp3) is 0.500. The van der Waals surface area contributed by atoms with Crippen LogP contribution in [-0.2, 0) is 14.8 Å². The SMILES string of the molecule is CC(=O)N1CC(C)Sc2ccc(S(=O)(=O)NC3CC3)cc21. The third-order valence-electron chi connectivity index (χ3n) is 3.58. The molecule has 0 spiro atoms. The number of thioether (sulfide) groups is 1. The lowest BCUT2D eigenvalue weighted by Gasteiger charge is -2.32.